The van der Waals surface area contributed by atoms with Crippen molar-refractivity contribution in [2.24, 2.45) is 21.7 Å². The Morgan fingerprint density at radius 2 is 0.835 bits per heavy atom. The van der Waals surface area contributed by atoms with Gasteiger partial charge in [-0.05, 0) is 178 Å². The molecule has 4 rings (SSSR count). The first kappa shape index (κ1) is 99.5. The van der Waals surface area contributed by atoms with Crippen LogP contribution in [0.25, 0.3) is 0 Å². The Balaban J connectivity index is 0.000000608. The molecule has 4 heterocycles. The van der Waals surface area contributed by atoms with E-state index in [4.69, 9.17) is 80.1 Å². The van der Waals surface area contributed by atoms with Crippen LogP contribution in [0.2, 0.25) is 0 Å². The van der Waals surface area contributed by atoms with Crippen LogP contribution in [0.3, 0.4) is 0 Å². The van der Waals surface area contributed by atoms with Crippen LogP contribution in [0, 0.1) is 44.3 Å². The maximum atomic E-state index is 14.0. The number of aromatic amines is 2. The first-order chi connectivity index (χ1) is 50.4. The maximum Gasteiger partial charge on any atom is 0.359 e. The fourth-order valence-electron chi connectivity index (χ4n) is 9.90. The number of H-pyrrole nitrogens is 2. The lowest BCUT2D eigenvalue weighted by atomic mass is 9.98. The molecule has 0 aliphatic carbocycles. The third-order valence-corrected chi connectivity index (χ3v) is 23.2. The van der Waals surface area contributed by atoms with E-state index in [-0.39, 0.29) is 25.1 Å². The monoisotopic (exact) mass is 1630 g/mol. The zero-order valence-corrected chi connectivity index (χ0v) is 71.5. The predicted octanol–water partition coefficient (Wildman–Crippen LogP) is 11.0. The van der Waals surface area contributed by atoms with Crippen molar-refractivity contribution < 1.29 is 103 Å². The summed E-state index contributed by atoms with van der Waals surface area (Å²) in [5.41, 5.74) is -6.28. The summed E-state index contributed by atoms with van der Waals surface area (Å²) in [6.07, 6.45) is -3.60. The first-order valence-corrected chi connectivity index (χ1v) is 41.0. The van der Waals surface area contributed by atoms with Gasteiger partial charge in [-0.15, -0.1) is 0 Å². The highest BCUT2D eigenvalue weighted by molar-refractivity contribution is 7.57. The smallest absolute Gasteiger partial charge is 0.359 e. The van der Waals surface area contributed by atoms with Crippen LogP contribution in [-0.2, 0) is 97.9 Å². The number of nitriles is 2. The molecule has 0 aromatic carbocycles. The molecule has 39 heteroatoms. The van der Waals surface area contributed by atoms with Crippen LogP contribution in [0.5, 0.6) is 0 Å². The Morgan fingerprint density at radius 3 is 1.14 bits per heavy atom. The second kappa shape index (κ2) is 45.3. The Hall–Kier alpha value is -5.58. The molecule has 2 fully saturated rings. The molecule has 0 bridgehead atoms. The van der Waals surface area contributed by atoms with Crippen LogP contribution in [0.4, 0.5) is 0 Å². The molecule has 9 atom stereocenters. The van der Waals surface area contributed by atoms with E-state index in [0.717, 1.165) is 39.0 Å². The number of methoxy groups -OCH3 is 2. The van der Waals surface area contributed by atoms with Gasteiger partial charge in [-0.2, -0.15) is 10.5 Å². The van der Waals surface area contributed by atoms with Crippen molar-refractivity contribution in [3.05, 3.63) is 90.0 Å². The molecule has 3 N–H and O–H groups in total. The van der Waals surface area contributed by atoms with Crippen molar-refractivity contribution in [2.75, 3.05) is 54.6 Å². The number of aliphatic hydroxyl groups excluding tert-OH is 1. The Bertz CT molecular complexity index is 3570. The van der Waals surface area contributed by atoms with Crippen molar-refractivity contribution >= 4 is 56.0 Å². The lowest BCUT2D eigenvalue weighted by molar-refractivity contribution is -0.163. The van der Waals surface area contributed by atoms with Gasteiger partial charge in [0, 0.05) is 86.6 Å². The minimum atomic E-state index is -4.36. The van der Waals surface area contributed by atoms with E-state index in [0.29, 0.717) is 37.2 Å². The Labute approximate surface area is 642 Å². The maximum absolute atomic E-state index is 14.0. The number of carbonyl (C=O) groups is 4. The van der Waals surface area contributed by atoms with E-state index in [9.17, 15) is 52.6 Å². The Morgan fingerprint density at radius 1 is 0.523 bits per heavy atom. The third-order valence-electron chi connectivity index (χ3n) is 15.1. The van der Waals surface area contributed by atoms with Crippen LogP contribution in [0.1, 0.15) is 191 Å². The Kier molecular flexibility index (Phi) is 41.4. The van der Waals surface area contributed by atoms with Gasteiger partial charge >= 0.3 is 50.4 Å². The van der Waals surface area contributed by atoms with E-state index >= 15 is 0 Å². The zero-order chi connectivity index (χ0) is 83.5. The van der Waals surface area contributed by atoms with E-state index in [2.05, 4.69) is 80.8 Å². The van der Waals surface area contributed by atoms with E-state index in [1.54, 1.807) is 83.1 Å². The highest BCUT2D eigenvalue weighted by Crippen LogP contribution is 2.55. The summed E-state index contributed by atoms with van der Waals surface area (Å²) in [6.45, 7) is 42.5. The fraction of sp³-hybridized carbons (Fsp3) is 0.743. The number of nitrogens with zero attached hydrogens (tertiary/aromatic N) is 7. The molecule has 3 unspecified atom stereocenters. The molecule has 2 aromatic heterocycles. The summed E-state index contributed by atoms with van der Waals surface area (Å²) >= 11 is 0. The van der Waals surface area contributed by atoms with Crippen molar-refractivity contribution in [2.45, 2.75) is 264 Å². The van der Waals surface area contributed by atoms with E-state index in [1.165, 1.54) is 32.7 Å². The van der Waals surface area contributed by atoms with Gasteiger partial charge in [0.15, 0.2) is 20.9 Å². The molecule has 0 radical (unpaired) electrons. The summed E-state index contributed by atoms with van der Waals surface area (Å²) < 4.78 is 120. The summed E-state index contributed by atoms with van der Waals surface area (Å²) in [4.78, 5) is 101. The number of esters is 4. The summed E-state index contributed by atoms with van der Waals surface area (Å²) in [5.74, 6) is -0.534. The van der Waals surface area contributed by atoms with Gasteiger partial charge in [0.2, 0.25) is 27.2 Å². The zero-order valence-electron chi connectivity index (χ0n) is 67.9. The lowest BCUT2D eigenvalue weighted by Crippen LogP contribution is -2.43. The van der Waals surface area contributed by atoms with Crippen LogP contribution < -0.4 is 22.5 Å². The molecule has 109 heavy (non-hydrogen) atoms. The molecule has 2 aliphatic rings. The molecular weight excluding hydrogens is 1510 g/mol. The molecule has 0 amide bonds. The number of carbonyl (C=O) groups excluding carboxylic acids is 4. The highest BCUT2D eigenvalue weighted by Gasteiger charge is 2.50. The molecule has 0 spiro atoms. The van der Waals surface area contributed by atoms with Gasteiger partial charge in [0.05, 0.1) is 59.9 Å². The molecule has 0 saturated carbocycles. The van der Waals surface area contributed by atoms with Crippen molar-refractivity contribution in [3.63, 3.8) is 0 Å². The SMILES string of the molecule is CC(C)N(C(C)C)P(OCCC#N)N(C(C)C)C(C)C.COC1[C@@H](O)[C@@H](/C=C/P(=O)(OCOC(=O)C(C)(C)C)OCOC(=O)C(C)(C)C)O[C@H]1n1ccc(=O)[nH]c1=O.COC1[C@@H](OP(OCCC#N)N(C(C)C)C(C)C)[C@@H](/C=C/P(=O)(OCOC(=O)C(C)(C)C)OCOC(=O)C(C)(C)C)O[C@H]1n1ccc(=O)[nH]c1=O. The fourth-order valence-corrected chi connectivity index (χ4v) is 16.0. The molecule has 620 valence electrons. The number of hydrogen-bond acceptors (Lipinski definition) is 31. The number of nitrogens with one attached hydrogen (secondary N) is 2. The quantitative estimate of drug-likeness (QED) is 0.0186. The van der Waals surface area contributed by atoms with Gasteiger partial charge in [-0.25, -0.2) is 23.6 Å². The number of aromatic nitrogens is 4. The molecule has 35 nitrogen and oxygen atoms in total. The van der Waals surface area contributed by atoms with Crippen molar-refractivity contribution in [1.82, 2.24) is 33.1 Å². The first-order valence-electron chi connectivity index (χ1n) is 35.5. The topological polar surface area (TPSA) is 428 Å². The highest BCUT2D eigenvalue weighted by atomic mass is 31.2. The second-order valence-corrected chi connectivity index (χ2v) is 37.5. The van der Waals surface area contributed by atoms with Gasteiger partial charge in [-0.1, -0.05) is 0 Å². The van der Waals surface area contributed by atoms with Crippen LogP contribution >= 0.6 is 32.2 Å². The molecule has 2 aliphatic heterocycles. The van der Waals surface area contributed by atoms with Gasteiger partial charge in [0.1, 0.15) is 36.6 Å². The molecular formula is C70H119N9O26P4. The molecule has 2 aromatic rings. The standard InChI is InChI=1S/C32H52N4O13P2.C23H35N2O12P.C15H32N3OP/c1-21(2)36(22(3)4)50(45-17-12-15-33)49-25-23(48-27(26(25)42-11)35-16-13-24(37)34-30(35)40)14-18-51(41,46-19-43-28(38)31(5,6)7)47-20-44-29(39)32(8,9)10;1-22(2,3)19(28)33-12-35-38(31,36-13-34-20(29)23(4,5)6)11-9-14-16(27)17(32-7)18(37-14)25-10-8-15(26)24-21(25)30;1-12(2)17(13(3)4)20(19-11-9-10-16)18(14(5)6)15(7)8/h13-14,16,18,21-23,25-27H,12,17,19-20H2,1-11H3,(H,34,37,40);8-11,14,16-18,27H,12-13H2,1-7H3,(H,24,26,30);12-15H,9,11H2,1-8H3/b18-14+;11-9+;/t23-,25+,26?,27-,50?;14-,16+,17?,18-;/m11./s1. The number of aliphatic hydroxyl groups is 1. The van der Waals surface area contributed by atoms with Crippen LogP contribution in [0.15, 0.2) is 67.5 Å². The normalized spacial score (nSPS) is 19.8. The molecule has 2 saturated heterocycles. The van der Waals surface area contributed by atoms with E-state index < -0.39 is 176 Å². The third kappa shape index (κ3) is 32.4. The van der Waals surface area contributed by atoms with Gasteiger partial charge in [-0.3, -0.25) is 75.1 Å². The van der Waals surface area contributed by atoms with Crippen LogP contribution in [-0.4, -0.2) is 190 Å². The second-order valence-electron chi connectivity index (χ2n) is 30.6. The number of rotatable bonds is 37. The minimum Gasteiger partial charge on any atom is -0.438 e. The average Bonchev–Trinajstić information content (AvgIpc) is 1.63. The van der Waals surface area contributed by atoms with Crippen molar-refractivity contribution in [1.29, 1.82) is 10.5 Å². The summed E-state index contributed by atoms with van der Waals surface area (Å²) in [5, 5.41) is 28.6. The predicted molar refractivity (Wildman–Crippen MR) is 405 cm³/mol. The number of hydrogen-bond donors (Lipinski definition) is 3. The average molecular weight is 1630 g/mol. The van der Waals surface area contributed by atoms with Crippen molar-refractivity contribution in [3.8, 4) is 12.1 Å². The summed E-state index contributed by atoms with van der Waals surface area (Å²) in [6, 6.07) is 7.99. The number of ether oxygens (including phenoxy) is 8. The minimum absolute atomic E-state index is 0.0597. The lowest BCUT2D eigenvalue weighted by Gasteiger charge is -2.45. The van der Waals surface area contributed by atoms with Gasteiger partial charge in [0.25, 0.3) is 19.6 Å². The van der Waals surface area contributed by atoms with Gasteiger partial charge < -0.3 is 56.6 Å². The largest absolute Gasteiger partial charge is 0.438 e. The van der Waals surface area contributed by atoms with E-state index in [1.807, 2.05) is 38.4 Å². The summed E-state index contributed by atoms with van der Waals surface area (Å²) in [7, 11) is -8.65.